The highest BCUT2D eigenvalue weighted by atomic mass is 16.5. The number of rotatable bonds is 2. The molecule has 0 amide bonds. The van der Waals surface area contributed by atoms with E-state index in [9.17, 15) is 0 Å². The van der Waals surface area contributed by atoms with Crippen molar-refractivity contribution >= 4 is 0 Å². The van der Waals surface area contributed by atoms with Crippen LogP contribution in [-0.4, -0.2) is 23.4 Å². The molecular formula is C8H18O3. The molecule has 0 aliphatic rings. The van der Waals surface area contributed by atoms with E-state index in [-0.39, 0.29) is 13.2 Å². The van der Waals surface area contributed by atoms with Crippen LogP contribution in [0.4, 0.5) is 0 Å². The first-order valence-corrected chi connectivity index (χ1v) is 3.33. The Morgan fingerprint density at radius 1 is 1.09 bits per heavy atom. The highest BCUT2D eigenvalue weighted by molar-refractivity contribution is 4.57. The molecule has 0 saturated heterocycles. The van der Waals surface area contributed by atoms with Gasteiger partial charge in [-0.2, -0.15) is 0 Å². The van der Waals surface area contributed by atoms with Crippen LogP contribution in [0.5, 0.6) is 0 Å². The summed E-state index contributed by atoms with van der Waals surface area (Å²) >= 11 is 0. The summed E-state index contributed by atoms with van der Waals surface area (Å²) in [6.07, 6.45) is 2.62. The van der Waals surface area contributed by atoms with E-state index < -0.39 is 0 Å². The highest BCUT2D eigenvalue weighted by Crippen LogP contribution is 1.65. The van der Waals surface area contributed by atoms with Gasteiger partial charge in [-0.25, -0.2) is 0 Å². The van der Waals surface area contributed by atoms with Crippen LogP contribution in [0, 0.1) is 0 Å². The van der Waals surface area contributed by atoms with Crippen LogP contribution in [0.1, 0.15) is 13.8 Å². The Morgan fingerprint density at radius 3 is 1.27 bits per heavy atom. The molecule has 0 heterocycles. The fraction of sp³-hybridized carbons (Fsp3) is 0.500. The van der Waals surface area contributed by atoms with E-state index in [1.165, 1.54) is 12.5 Å². The molecule has 0 rings (SSSR count). The normalized spacial score (nSPS) is 5.82. The Balaban J connectivity index is -0.0000000933. The number of hydrogen-bond acceptors (Lipinski definition) is 3. The molecular weight excluding hydrogens is 144 g/mol. The van der Waals surface area contributed by atoms with Crippen LogP contribution in [-0.2, 0) is 4.74 Å². The molecule has 11 heavy (non-hydrogen) atoms. The van der Waals surface area contributed by atoms with Crippen molar-refractivity contribution in [2.24, 2.45) is 0 Å². The molecule has 0 bridgehead atoms. The Hall–Kier alpha value is -0.800. The molecule has 0 aromatic rings. The lowest BCUT2D eigenvalue weighted by molar-refractivity contribution is 0.318. The molecule has 0 unspecified atom stereocenters. The van der Waals surface area contributed by atoms with Crippen LogP contribution in [0.3, 0.4) is 0 Å². The molecule has 2 N–H and O–H groups in total. The molecule has 0 aliphatic carbocycles. The summed E-state index contributed by atoms with van der Waals surface area (Å²) in [5.41, 5.74) is 0. The summed E-state index contributed by atoms with van der Waals surface area (Å²) in [7, 11) is 0. The zero-order valence-corrected chi connectivity index (χ0v) is 7.29. The molecule has 0 saturated carbocycles. The average molecular weight is 162 g/mol. The predicted molar refractivity (Wildman–Crippen MR) is 47.0 cm³/mol. The minimum atomic E-state index is 0.250. The Bertz CT molecular complexity index is 54.4. The number of aliphatic hydroxyl groups excluding tert-OH is 2. The number of ether oxygens (including phenoxy) is 1. The number of hydrogen-bond donors (Lipinski definition) is 2. The van der Waals surface area contributed by atoms with Crippen molar-refractivity contribution in [3.8, 4) is 0 Å². The smallest absolute Gasteiger partial charge is 0.0829 e. The Kier molecular flexibility index (Phi) is 53.1. The first-order chi connectivity index (χ1) is 5.24. The quantitative estimate of drug-likeness (QED) is 0.601. The van der Waals surface area contributed by atoms with Gasteiger partial charge in [0, 0.05) is 13.2 Å². The van der Waals surface area contributed by atoms with Crippen LogP contribution >= 0.6 is 0 Å². The summed E-state index contributed by atoms with van der Waals surface area (Å²) in [6.45, 7) is 10.4. The average Bonchev–Trinajstić information content (AvgIpc) is 1.92. The third kappa shape index (κ3) is 331. The summed E-state index contributed by atoms with van der Waals surface area (Å²) in [5.74, 6) is 0. The van der Waals surface area contributed by atoms with Gasteiger partial charge < -0.3 is 14.9 Å². The lowest BCUT2D eigenvalue weighted by Crippen LogP contribution is -1.57. The van der Waals surface area contributed by atoms with Gasteiger partial charge in [0.05, 0.1) is 12.5 Å². The maximum Gasteiger partial charge on any atom is 0.0829 e. The standard InChI is InChI=1S/C4H6O.2C2H6O/c1-3-5-4-2;2*1-2-3/h3-4H,1-2H2;2*3H,2H2,1H3. The third-order valence-corrected chi connectivity index (χ3v) is 0.192. The van der Waals surface area contributed by atoms with Crippen molar-refractivity contribution in [3.63, 3.8) is 0 Å². The molecule has 68 valence electrons. The Labute approximate surface area is 68.6 Å². The van der Waals surface area contributed by atoms with E-state index in [1.807, 2.05) is 0 Å². The molecule has 0 aromatic carbocycles. The zero-order chi connectivity index (χ0) is 9.54. The van der Waals surface area contributed by atoms with Crippen molar-refractivity contribution in [3.05, 3.63) is 25.7 Å². The van der Waals surface area contributed by atoms with Gasteiger partial charge in [0.15, 0.2) is 0 Å². The number of aliphatic hydroxyl groups is 2. The largest absolute Gasteiger partial charge is 0.474 e. The summed E-state index contributed by atoms with van der Waals surface area (Å²) in [4.78, 5) is 0. The fourth-order valence-corrected chi connectivity index (χ4v) is 0.0680. The van der Waals surface area contributed by atoms with Gasteiger partial charge >= 0.3 is 0 Å². The van der Waals surface area contributed by atoms with E-state index in [2.05, 4.69) is 17.9 Å². The van der Waals surface area contributed by atoms with Crippen molar-refractivity contribution in [1.82, 2.24) is 0 Å². The van der Waals surface area contributed by atoms with Gasteiger partial charge in [0.1, 0.15) is 0 Å². The summed E-state index contributed by atoms with van der Waals surface area (Å²) in [5, 5.41) is 15.1. The molecule has 0 spiro atoms. The van der Waals surface area contributed by atoms with Gasteiger partial charge in [0.2, 0.25) is 0 Å². The predicted octanol–water partition coefficient (Wildman–Crippen LogP) is 1.29. The van der Waals surface area contributed by atoms with E-state index in [4.69, 9.17) is 10.2 Å². The van der Waals surface area contributed by atoms with E-state index in [0.29, 0.717) is 0 Å². The molecule has 3 heteroatoms. The third-order valence-electron chi connectivity index (χ3n) is 0.192. The first kappa shape index (κ1) is 16.7. The maximum atomic E-state index is 7.57. The highest BCUT2D eigenvalue weighted by Gasteiger charge is 1.45. The van der Waals surface area contributed by atoms with Crippen molar-refractivity contribution in [2.45, 2.75) is 13.8 Å². The topological polar surface area (TPSA) is 49.7 Å². The zero-order valence-electron chi connectivity index (χ0n) is 7.29. The lowest BCUT2D eigenvalue weighted by atomic mass is 10.9. The molecule has 0 atom stereocenters. The summed E-state index contributed by atoms with van der Waals surface area (Å²) in [6, 6.07) is 0. The second-order valence-electron chi connectivity index (χ2n) is 1.10. The van der Waals surface area contributed by atoms with Crippen molar-refractivity contribution in [2.75, 3.05) is 13.2 Å². The van der Waals surface area contributed by atoms with Gasteiger partial charge in [-0.15, -0.1) is 0 Å². The minimum absolute atomic E-state index is 0.250. The van der Waals surface area contributed by atoms with Gasteiger partial charge in [0.25, 0.3) is 0 Å². The SMILES string of the molecule is C=COC=C.CCO.CCO. The molecule has 0 aromatic heterocycles. The second kappa shape index (κ2) is 35.1. The Morgan fingerprint density at radius 2 is 1.27 bits per heavy atom. The minimum Gasteiger partial charge on any atom is -0.474 e. The van der Waals surface area contributed by atoms with E-state index in [0.717, 1.165) is 0 Å². The van der Waals surface area contributed by atoms with E-state index >= 15 is 0 Å². The van der Waals surface area contributed by atoms with E-state index in [1.54, 1.807) is 13.8 Å². The van der Waals surface area contributed by atoms with Gasteiger partial charge in [-0.3, -0.25) is 0 Å². The molecule has 3 nitrogen and oxygen atoms in total. The van der Waals surface area contributed by atoms with Crippen LogP contribution in [0.15, 0.2) is 25.7 Å². The first-order valence-electron chi connectivity index (χ1n) is 3.33. The lowest BCUT2D eigenvalue weighted by Gasteiger charge is -1.76. The monoisotopic (exact) mass is 162 g/mol. The molecule has 0 aliphatic heterocycles. The van der Waals surface area contributed by atoms with Crippen molar-refractivity contribution < 1.29 is 14.9 Å². The van der Waals surface area contributed by atoms with Crippen LogP contribution < -0.4 is 0 Å². The van der Waals surface area contributed by atoms with Gasteiger partial charge in [-0.05, 0) is 13.8 Å². The maximum absolute atomic E-state index is 7.57. The second-order valence-corrected chi connectivity index (χ2v) is 1.10. The van der Waals surface area contributed by atoms with Gasteiger partial charge in [-0.1, -0.05) is 13.2 Å². The molecule has 0 radical (unpaired) electrons. The van der Waals surface area contributed by atoms with Crippen LogP contribution in [0.2, 0.25) is 0 Å². The van der Waals surface area contributed by atoms with Crippen molar-refractivity contribution in [1.29, 1.82) is 0 Å². The van der Waals surface area contributed by atoms with Crippen LogP contribution in [0.25, 0.3) is 0 Å². The molecule has 0 fully saturated rings. The summed E-state index contributed by atoms with van der Waals surface area (Å²) < 4.78 is 4.36. The fourth-order valence-electron chi connectivity index (χ4n) is 0.0680.